The van der Waals surface area contributed by atoms with E-state index >= 15 is 0 Å². The zero-order valence-electron chi connectivity index (χ0n) is 9.69. The summed E-state index contributed by atoms with van der Waals surface area (Å²) < 4.78 is 5.33. The van der Waals surface area contributed by atoms with Crippen LogP contribution in [0.3, 0.4) is 0 Å². The van der Waals surface area contributed by atoms with Gasteiger partial charge in [-0.2, -0.15) is 5.26 Å². The third-order valence-corrected chi connectivity index (χ3v) is 2.12. The van der Waals surface area contributed by atoms with Crippen LogP contribution in [0.4, 0.5) is 5.69 Å². The van der Waals surface area contributed by atoms with Gasteiger partial charge in [-0.05, 0) is 30.7 Å². The van der Waals surface area contributed by atoms with Gasteiger partial charge in [-0.15, -0.1) is 0 Å². The van der Waals surface area contributed by atoms with Crippen molar-refractivity contribution in [2.45, 2.75) is 13.3 Å². The lowest BCUT2D eigenvalue weighted by Gasteiger charge is -2.09. The number of amides is 1. The van der Waals surface area contributed by atoms with Gasteiger partial charge in [-0.3, -0.25) is 4.79 Å². The fourth-order valence-corrected chi connectivity index (χ4v) is 1.29. The van der Waals surface area contributed by atoms with Crippen molar-refractivity contribution < 1.29 is 9.53 Å². The van der Waals surface area contributed by atoms with Crippen LogP contribution in [-0.4, -0.2) is 19.1 Å². The first-order valence-electron chi connectivity index (χ1n) is 5.26. The second-order valence-electron chi connectivity index (χ2n) is 3.57. The van der Waals surface area contributed by atoms with Crippen LogP contribution in [0.2, 0.25) is 0 Å². The van der Waals surface area contributed by atoms with Gasteiger partial charge in [-0.1, -0.05) is 0 Å². The SMILES string of the molecule is Cc1cc(N)ccc1OCC(=O)NCCC#N. The van der Waals surface area contributed by atoms with Crippen molar-refractivity contribution in [3.8, 4) is 11.8 Å². The van der Waals surface area contributed by atoms with Crippen molar-refractivity contribution in [1.29, 1.82) is 5.26 Å². The van der Waals surface area contributed by atoms with E-state index in [2.05, 4.69) is 5.32 Å². The number of hydrogen-bond acceptors (Lipinski definition) is 4. The Hall–Kier alpha value is -2.22. The molecule has 0 aliphatic heterocycles. The van der Waals surface area contributed by atoms with Gasteiger partial charge in [0.2, 0.25) is 0 Å². The van der Waals surface area contributed by atoms with Gasteiger partial charge in [0.1, 0.15) is 5.75 Å². The van der Waals surface area contributed by atoms with Gasteiger partial charge in [0.25, 0.3) is 5.91 Å². The Morgan fingerprint density at radius 2 is 2.35 bits per heavy atom. The van der Waals surface area contributed by atoms with Crippen molar-refractivity contribution in [3.63, 3.8) is 0 Å². The van der Waals surface area contributed by atoms with E-state index in [0.717, 1.165) is 5.56 Å². The summed E-state index contributed by atoms with van der Waals surface area (Å²) in [5.41, 5.74) is 7.14. The molecule has 0 unspecified atom stereocenters. The molecule has 0 radical (unpaired) electrons. The summed E-state index contributed by atoms with van der Waals surface area (Å²) in [6.45, 7) is 2.15. The number of anilines is 1. The smallest absolute Gasteiger partial charge is 0.257 e. The van der Waals surface area contributed by atoms with Crippen LogP contribution in [0, 0.1) is 18.3 Å². The standard InChI is InChI=1S/C12H15N3O2/c1-9-7-10(14)3-4-11(9)17-8-12(16)15-6-2-5-13/h3-4,7H,2,6,8,14H2,1H3,(H,15,16). The minimum absolute atomic E-state index is 0.0593. The van der Waals surface area contributed by atoms with Crippen LogP contribution in [0.1, 0.15) is 12.0 Å². The van der Waals surface area contributed by atoms with Gasteiger partial charge < -0.3 is 15.8 Å². The molecule has 0 spiro atoms. The van der Waals surface area contributed by atoms with Crippen molar-refractivity contribution in [3.05, 3.63) is 23.8 Å². The number of nitrogens with one attached hydrogen (secondary N) is 1. The van der Waals surface area contributed by atoms with E-state index in [9.17, 15) is 4.79 Å². The van der Waals surface area contributed by atoms with Crippen molar-refractivity contribution in [2.24, 2.45) is 0 Å². The average Bonchev–Trinajstić information content (AvgIpc) is 2.28. The molecule has 1 aromatic rings. The molecule has 5 nitrogen and oxygen atoms in total. The second-order valence-corrected chi connectivity index (χ2v) is 3.57. The summed E-state index contributed by atoms with van der Waals surface area (Å²) >= 11 is 0. The largest absolute Gasteiger partial charge is 0.484 e. The van der Waals surface area contributed by atoms with Crippen LogP contribution >= 0.6 is 0 Å². The number of nitrogens with two attached hydrogens (primary N) is 1. The number of rotatable bonds is 5. The number of carbonyl (C=O) groups excluding carboxylic acids is 1. The van der Waals surface area contributed by atoms with E-state index in [0.29, 0.717) is 24.4 Å². The van der Waals surface area contributed by atoms with E-state index < -0.39 is 0 Å². The lowest BCUT2D eigenvalue weighted by atomic mass is 10.2. The molecule has 0 fully saturated rings. The lowest BCUT2D eigenvalue weighted by Crippen LogP contribution is -2.29. The zero-order valence-corrected chi connectivity index (χ0v) is 9.69. The number of benzene rings is 1. The third-order valence-electron chi connectivity index (χ3n) is 2.12. The maximum absolute atomic E-state index is 11.3. The monoisotopic (exact) mass is 233 g/mol. The Balaban J connectivity index is 2.40. The Kier molecular flexibility index (Phi) is 4.82. The molecule has 90 valence electrons. The van der Waals surface area contributed by atoms with Crippen LogP contribution < -0.4 is 15.8 Å². The maximum atomic E-state index is 11.3. The van der Waals surface area contributed by atoms with E-state index in [-0.39, 0.29) is 12.5 Å². The Bertz CT molecular complexity index is 438. The average molecular weight is 233 g/mol. The molecule has 0 heterocycles. The number of ether oxygens (including phenoxy) is 1. The van der Waals surface area contributed by atoms with Gasteiger partial charge in [-0.25, -0.2) is 0 Å². The summed E-state index contributed by atoms with van der Waals surface area (Å²) in [5.74, 6) is 0.395. The highest BCUT2D eigenvalue weighted by Gasteiger charge is 2.04. The summed E-state index contributed by atoms with van der Waals surface area (Å²) in [5, 5.41) is 10.9. The predicted octanol–water partition coefficient (Wildman–Crippen LogP) is 0.986. The van der Waals surface area contributed by atoms with E-state index in [4.69, 9.17) is 15.7 Å². The number of nitrogens with zero attached hydrogens (tertiary/aromatic N) is 1. The molecule has 1 amide bonds. The normalized spacial score (nSPS) is 9.41. The minimum atomic E-state index is -0.239. The summed E-state index contributed by atoms with van der Waals surface area (Å²) in [4.78, 5) is 11.3. The molecule has 0 saturated heterocycles. The first-order chi connectivity index (χ1) is 8.13. The number of carbonyl (C=O) groups is 1. The molecule has 1 aromatic carbocycles. The summed E-state index contributed by atoms with van der Waals surface area (Å²) in [7, 11) is 0. The third kappa shape index (κ3) is 4.43. The predicted molar refractivity (Wildman–Crippen MR) is 64.3 cm³/mol. The Morgan fingerprint density at radius 3 is 3.00 bits per heavy atom. The van der Waals surface area contributed by atoms with Crippen molar-refractivity contribution >= 4 is 11.6 Å². The molecule has 0 atom stereocenters. The Morgan fingerprint density at radius 1 is 1.59 bits per heavy atom. The Labute approximate surface area is 100 Å². The molecule has 0 saturated carbocycles. The van der Waals surface area contributed by atoms with Gasteiger partial charge >= 0.3 is 0 Å². The van der Waals surface area contributed by atoms with E-state index in [1.807, 2.05) is 13.0 Å². The van der Waals surface area contributed by atoms with Crippen molar-refractivity contribution in [2.75, 3.05) is 18.9 Å². The molecule has 3 N–H and O–H groups in total. The van der Waals surface area contributed by atoms with Gasteiger partial charge in [0.05, 0.1) is 12.5 Å². The molecule has 0 bridgehead atoms. The van der Waals surface area contributed by atoms with Crippen LogP contribution in [0.25, 0.3) is 0 Å². The van der Waals surface area contributed by atoms with Crippen LogP contribution in [-0.2, 0) is 4.79 Å². The number of nitriles is 1. The summed E-state index contributed by atoms with van der Waals surface area (Å²) in [6, 6.07) is 7.17. The van der Waals surface area contributed by atoms with Crippen LogP contribution in [0.15, 0.2) is 18.2 Å². The molecule has 17 heavy (non-hydrogen) atoms. The zero-order chi connectivity index (χ0) is 12.7. The first-order valence-corrected chi connectivity index (χ1v) is 5.26. The minimum Gasteiger partial charge on any atom is -0.484 e. The van der Waals surface area contributed by atoms with Gasteiger partial charge in [0.15, 0.2) is 6.61 Å². The van der Waals surface area contributed by atoms with Crippen molar-refractivity contribution in [1.82, 2.24) is 5.32 Å². The number of hydrogen-bond donors (Lipinski definition) is 2. The fraction of sp³-hybridized carbons (Fsp3) is 0.333. The first kappa shape index (κ1) is 12.8. The molecule has 1 rings (SSSR count). The molecular formula is C12H15N3O2. The molecule has 0 aliphatic carbocycles. The topological polar surface area (TPSA) is 88.1 Å². The highest BCUT2D eigenvalue weighted by atomic mass is 16.5. The quantitative estimate of drug-likeness (QED) is 0.586. The van der Waals surface area contributed by atoms with Crippen LogP contribution in [0.5, 0.6) is 5.75 Å². The molecule has 0 aliphatic rings. The van der Waals surface area contributed by atoms with E-state index in [1.165, 1.54) is 0 Å². The lowest BCUT2D eigenvalue weighted by molar-refractivity contribution is -0.123. The molecule has 5 heteroatoms. The molecule has 0 aromatic heterocycles. The fourth-order valence-electron chi connectivity index (χ4n) is 1.29. The summed E-state index contributed by atoms with van der Waals surface area (Å²) in [6.07, 6.45) is 0.298. The highest BCUT2D eigenvalue weighted by molar-refractivity contribution is 5.77. The highest BCUT2D eigenvalue weighted by Crippen LogP contribution is 2.19. The second kappa shape index (κ2) is 6.38. The van der Waals surface area contributed by atoms with E-state index in [1.54, 1.807) is 18.2 Å². The van der Waals surface area contributed by atoms with Gasteiger partial charge in [0, 0.05) is 12.2 Å². The number of nitrogen functional groups attached to an aromatic ring is 1. The maximum Gasteiger partial charge on any atom is 0.257 e. The number of aryl methyl sites for hydroxylation is 1. The molecular weight excluding hydrogens is 218 g/mol.